The van der Waals surface area contributed by atoms with E-state index >= 15 is 0 Å². The fraction of sp³-hybridized carbons (Fsp3) is 0.812. The summed E-state index contributed by atoms with van der Waals surface area (Å²) in [6.45, 7) is 12.6. The molecule has 1 unspecified atom stereocenters. The molecule has 1 fully saturated rings. The fourth-order valence-corrected chi connectivity index (χ4v) is 2.92. The van der Waals surface area contributed by atoms with E-state index in [0.717, 1.165) is 45.6 Å². The third kappa shape index (κ3) is 3.41. The van der Waals surface area contributed by atoms with Crippen LogP contribution in [0.25, 0.3) is 0 Å². The molecule has 0 saturated carbocycles. The zero-order valence-corrected chi connectivity index (χ0v) is 13.4. The Hall–Kier alpha value is -0.870. The normalized spacial score (nSPS) is 19.1. The summed E-state index contributed by atoms with van der Waals surface area (Å²) in [7, 11) is 0. The molecular weight excluding hydrogens is 250 g/mol. The highest BCUT2D eigenvalue weighted by atomic mass is 16.5. The van der Waals surface area contributed by atoms with Gasteiger partial charge in [-0.2, -0.15) is 5.10 Å². The molecule has 114 valence electrons. The predicted molar refractivity (Wildman–Crippen MR) is 82.0 cm³/mol. The minimum absolute atomic E-state index is 0.439. The van der Waals surface area contributed by atoms with Crippen molar-refractivity contribution in [2.75, 3.05) is 19.8 Å². The Bertz CT molecular complexity index is 420. The average Bonchev–Trinajstić information content (AvgIpc) is 3.04. The molecule has 1 N–H and O–H groups in total. The molecule has 1 aromatic heterocycles. The summed E-state index contributed by atoms with van der Waals surface area (Å²) in [5.74, 6) is 0.684. The molecule has 0 bridgehead atoms. The van der Waals surface area contributed by atoms with Crippen LogP contribution in [0.2, 0.25) is 0 Å². The maximum atomic E-state index is 5.53. The number of rotatable bonds is 7. The van der Waals surface area contributed by atoms with E-state index in [1.807, 2.05) is 0 Å². The van der Waals surface area contributed by atoms with Gasteiger partial charge in [0.15, 0.2) is 0 Å². The molecule has 0 radical (unpaired) electrons. The van der Waals surface area contributed by atoms with Gasteiger partial charge < -0.3 is 10.1 Å². The van der Waals surface area contributed by atoms with Crippen molar-refractivity contribution in [2.45, 2.75) is 59.5 Å². The second-order valence-corrected chi connectivity index (χ2v) is 6.07. The lowest BCUT2D eigenvalue weighted by molar-refractivity contribution is 0.184. The molecule has 1 atom stereocenters. The molecule has 0 amide bonds. The predicted octanol–water partition coefficient (Wildman–Crippen LogP) is 2.71. The lowest BCUT2D eigenvalue weighted by atomic mass is 10.1. The highest BCUT2D eigenvalue weighted by Gasteiger charge is 2.24. The summed E-state index contributed by atoms with van der Waals surface area (Å²) in [5.41, 5.74) is 4.07. The Balaban J connectivity index is 2.19. The summed E-state index contributed by atoms with van der Waals surface area (Å²) < 4.78 is 7.78. The number of aryl methyl sites for hydroxylation is 1. The van der Waals surface area contributed by atoms with Crippen LogP contribution in [0.5, 0.6) is 0 Å². The molecule has 4 nitrogen and oxygen atoms in total. The number of aromatic nitrogens is 2. The minimum Gasteiger partial charge on any atom is -0.379 e. The Labute approximate surface area is 122 Å². The Kier molecular flexibility index (Phi) is 5.61. The van der Waals surface area contributed by atoms with Crippen molar-refractivity contribution in [1.82, 2.24) is 15.1 Å². The van der Waals surface area contributed by atoms with Crippen LogP contribution >= 0.6 is 0 Å². The average molecular weight is 279 g/mol. The van der Waals surface area contributed by atoms with Crippen LogP contribution in [-0.2, 0) is 24.1 Å². The van der Waals surface area contributed by atoms with Crippen LogP contribution in [-0.4, -0.2) is 29.5 Å². The maximum Gasteiger partial charge on any atom is 0.0777 e. The quantitative estimate of drug-likeness (QED) is 0.834. The van der Waals surface area contributed by atoms with Crippen molar-refractivity contribution in [1.29, 1.82) is 0 Å². The zero-order valence-electron chi connectivity index (χ0n) is 13.4. The molecule has 1 aliphatic rings. The largest absolute Gasteiger partial charge is 0.379 e. The number of nitrogens with one attached hydrogen (secondary N) is 1. The number of hydrogen-bond donors (Lipinski definition) is 1. The first-order valence-electron chi connectivity index (χ1n) is 8.04. The van der Waals surface area contributed by atoms with E-state index in [4.69, 9.17) is 9.84 Å². The van der Waals surface area contributed by atoms with E-state index in [1.165, 1.54) is 17.0 Å². The van der Waals surface area contributed by atoms with Crippen molar-refractivity contribution < 1.29 is 4.74 Å². The van der Waals surface area contributed by atoms with Gasteiger partial charge >= 0.3 is 0 Å². The van der Waals surface area contributed by atoms with E-state index in [0.29, 0.717) is 12.0 Å². The van der Waals surface area contributed by atoms with Gasteiger partial charge in [0.1, 0.15) is 0 Å². The molecule has 2 rings (SSSR count). The molecular formula is C16H29N3O. The van der Waals surface area contributed by atoms with Crippen LogP contribution in [0.4, 0.5) is 0 Å². The second-order valence-electron chi connectivity index (χ2n) is 6.07. The van der Waals surface area contributed by atoms with Crippen molar-refractivity contribution >= 4 is 0 Å². The van der Waals surface area contributed by atoms with Crippen LogP contribution in [0.1, 0.15) is 57.1 Å². The lowest BCUT2D eigenvalue weighted by Crippen LogP contribution is -2.20. The minimum atomic E-state index is 0.439. The van der Waals surface area contributed by atoms with Gasteiger partial charge in [0.25, 0.3) is 0 Å². The van der Waals surface area contributed by atoms with E-state index < -0.39 is 0 Å². The Morgan fingerprint density at radius 2 is 2.15 bits per heavy atom. The number of hydrogen-bond acceptors (Lipinski definition) is 3. The highest BCUT2D eigenvalue weighted by molar-refractivity contribution is 5.27. The van der Waals surface area contributed by atoms with Gasteiger partial charge in [-0.1, -0.05) is 27.7 Å². The van der Waals surface area contributed by atoms with E-state index in [-0.39, 0.29) is 0 Å². The molecule has 1 aliphatic heterocycles. The molecule has 0 aromatic carbocycles. The standard InChI is InChI=1S/C16H29N3O/c1-5-15-14(10-17-9-12(3)4)16(6-2)19(18-15)13-7-8-20-11-13/h12-13,17H,5-11H2,1-4H3. The van der Waals surface area contributed by atoms with E-state index in [1.54, 1.807) is 0 Å². The number of nitrogens with zero attached hydrogens (tertiary/aromatic N) is 2. The first-order chi connectivity index (χ1) is 9.67. The lowest BCUT2D eigenvalue weighted by Gasteiger charge is -2.13. The highest BCUT2D eigenvalue weighted by Crippen LogP contribution is 2.25. The summed E-state index contributed by atoms with van der Waals surface area (Å²) in [6.07, 6.45) is 3.14. The summed E-state index contributed by atoms with van der Waals surface area (Å²) >= 11 is 0. The topological polar surface area (TPSA) is 39.1 Å². The first-order valence-corrected chi connectivity index (χ1v) is 8.04. The molecule has 1 aromatic rings. The molecule has 4 heteroatoms. The molecule has 20 heavy (non-hydrogen) atoms. The smallest absolute Gasteiger partial charge is 0.0777 e. The van der Waals surface area contributed by atoms with Crippen molar-refractivity contribution in [2.24, 2.45) is 5.92 Å². The summed E-state index contributed by atoms with van der Waals surface area (Å²) in [6, 6.07) is 0.439. The summed E-state index contributed by atoms with van der Waals surface area (Å²) in [5, 5.41) is 8.45. The van der Waals surface area contributed by atoms with Gasteiger partial charge in [0.05, 0.1) is 18.3 Å². The van der Waals surface area contributed by atoms with Gasteiger partial charge in [-0.3, -0.25) is 4.68 Å². The monoisotopic (exact) mass is 279 g/mol. The molecule has 0 aliphatic carbocycles. The maximum absolute atomic E-state index is 5.53. The summed E-state index contributed by atoms with van der Waals surface area (Å²) in [4.78, 5) is 0. The molecule has 0 spiro atoms. The van der Waals surface area contributed by atoms with Crippen LogP contribution < -0.4 is 5.32 Å². The van der Waals surface area contributed by atoms with Crippen LogP contribution in [0.15, 0.2) is 0 Å². The van der Waals surface area contributed by atoms with Crippen molar-refractivity contribution in [3.05, 3.63) is 17.0 Å². The third-order valence-electron chi connectivity index (χ3n) is 3.98. The molecule has 2 heterocycles. The van der Waals surface area contributed by atoms with Crippen LogP contribution in [0, 0.1) is 5.92 Å². The van der Waals surface area contributed by atoms with Gasteiger partial charge in [0.2, 0.25) is 0 Å². The van der Waals surface area contributed by atoms with E-state index in [9.17, 15) is 0 Å². The van der Waals surface area contributed by atoms with Gasteiger partial charge in [-0.25, -0.2) is 0 Å². The third-order valence-corrected chi connectivity index (χ3v) is 3.98. The molecule has 1 saturated heterocycles. The van der Waals surface area contributed by atoms with Crippen molar-refractivity contribution in [3.8, 4) is 0 Å². The van der Waals surface area contributed by atoms with Gasteiger partial charge in [0, 0.05) is 24.4 Å². The number of ether oxygens (including phenoxy) is 1. The van der Waals surface area contributed by atoms with Crippen LogP contribution in [0.3, 0.4) is 0 Å². The van der Waals surface area contributed by atoms with E-state index in [2.05, 4.69) is 37.7 Å². The zero-order chi connectivity index (χ0) is 14.5. The van der Waals surface area contributed by atoms with Gasteiger partial charge in [-0.05, 0) is 31.7 Å². The first kappa shape index (κ1) is 15.5. The Morgan fingerprint density at radius 3 is 2.70 bits per heavy atom. The SMILES string of the molecule is CCc1nn(C2CCOC2)c(CC)c1CNCC(C)C. The van der Waals surface area contributed by atoms with Gasteiger partial charge in [-0.15, -0.1) is 0 Å². The van der Waals surface area contributed by atoms with Crippen molar-refractivity contribution in [3.63, 3.8) is 0 Å². The second kappa shape index (κ2) is 7.23. The fourth-order valence-electron chi connectivity index (χ4n) is 2.92. The Morgan fingerprint density at radius 1 is 1.35 bits per heavy atom.